The maximum Gasteiger partial charge on any atom is 0.221 e. The Hall–Kier alpha value is -0.610. The molecule has 0 saturated heterocycles. The Bertz CT molecular complexity index is 273. The average molecular weight is 269 g/mol. The van der Waals surface area contributed by atoms with Crippen LogP contribution in [0, 0.1) is 0 Å². The van der Waals surface area contributed by atoms with Gasteiger partial charge >= 0.3 is 0 Å². The molecule has 0 spiro atoms. The van der Waals surface area contributed by atoms with Gasteiger partial charge in [0.15, 0.2) is 0 Å². The zero-order valence-corrected chi connectivity index (χ0v) is 12.9. The number of carbonyl (C=O) groups excluding carboxylic acids is 1. The van der Waals surface area contributed by atoms with Gasteiger partial charge in [-0.1, -0.05) is 12.8 Å². The number of nitrogens with one attached hydrogen (secondary N) is 1. The van der Waals surface area contributed by atoms with E-state index in [9.17, 15) is 4.79 Å². The second kappa shape index (κ2) is 7.85. The predicted molar refractivity (Wildman–Crippen MR) is 80.0 cm³/mol. The van der Waals surface area contributed by atoms with Gasteiger partial charge in [0.25, 0.3) is 0 Å². The van der Waals surface area contributed by atoms with Crippen molar-refractivity contribution in [2.75, 3.05) is 20.1 Å². The zero-order valence-electron chi connectivity index (χ0n) is 12.9. The van der Waals surface area contributed by atoms with E-state index in [0.717, 1.165) is 38.8 Å². The fourth-order valence-electron chi connectivity index (χ4n) is 2.61. The molecule has 19 heavy (non-hydrogen) atoms. The molecule has 0 aliphatic heterocycles. The van der Waals surface area contributed by atoms with Crippen molar-refractivity contribution in [2.24, 2.45) is 5.73 Å². The van der Waals surface area contributed by atoms with Crippen molar-refractivity contribution in [1.29, 1.82) is 0 Å². The lowest BCUT2D eigenvalue weighted by Crippen LogP contribution is -2.42. The highest BCUT2D eigenvalue weighted by Gasteiger charge is 2.31. The first kappa shape index (κ1) is 16.4. The van der Waals surface area contributed by atoms with Gasteiger partial charge < -0.3 is 16.0 Å². The summed E-state index contributed by atoms with van der Waals surface area (Å²) in [6, 6.07) is 0.592. The minimum absolute atomic E-state index is 0.126. The van der Waals surface area contributed by atoms with E-state index in [4.69, 9.17) is 5.73 Å². The van der Waals surface area contributed by atoms with Crippen LogP contribution >= 0.6 is 0 Å². The van der Waals surface area contributed by atoms with Crippen molar-refractivity contribution in [2.45, 2.75) is 70.4 Å². The number of nitrogens with two attached hydrogens (primary N) is 1. The topological polar surface area (TPSA) is 58.4 Å². The van der Waals surface area contributed by atoms with E-state index in [2.05, 4.69) is 31.1 Å². The quantitative estimate of drug-likeness (QED) is 0.662. The molecule has 0 radical (unpaired) electrons. The second-order valence-corrected chi connectivity index (χ2v) is 6.38. The molecular weight excluding hydrogens is 238 g/mol. The van der Waals surface area contributed by atoms with Crippen molar-refractivity contribution >= 4 is 5.91 Å². The van der Waals surface area contributed by atoms with Crippen LogP contribution in [0.2, 0.25) is 0 Å². The Balaban J connectivity index is 2.04. The van der Waals surface area contributed by atoms with Crippen LogP contribution in [0.15, 0.2) is 0 Å². The maximum absolute atomic E-state index is 11.8. The molecule has 1 fully saturated rings. The molecule has 0 atom stereocenters. The standard InChI is InChI=1S/C15H31N3O/c1-13(2)18(3)11-7-6-10-17-14(19)12-15(16)8-4-5-9-15/h13H,4-12,16H2,1-3H3,(H,17,19). The van der Waals surface area contributed by atoms with E-state index < -0.39 is 0 Å². The summed E-state index contributed by atoms with van der Waals surface area (Å²) in [5.74, 6) is 0.126. The Morgan fingerprint density at radius 3 is 2.53 bits per heavy atom. The maximum atomic E-state index is 11.8. The van der Waals surface area contributed by atoms with Gasteiger partial charge in [-0.2, -0.15) is 0 Å². The van der Waals surface area contributed by atoms with Gasteiger partial charge in [-0.15, -0.1) is 0 Å². The molecule has 4 heteroatoms. The summed E-state index contributed by atoms with van der Waals surface area (Å²) in [7, 11) is 2.14. The molecule has 1 saturated carbocycles. The molecule has 112 valence electrons. The molecule has 0 aromatic carbocycles. The van der Waals surface area contributed by atoms with Gasteiger partial charge in [-0.25, -0.2) is 0 Å². The van der Waals surface area contributed by atoms with Crippen LogP contribution in [0.25, 0.3) is 0 Å². The van der Waals surface area contributed by atoms with Gasteiger partial charge in [-0.3, -0.25) is 4.79 Å². The van der Waals surface area contributed by atoms with Gasteiger partial charge in [-0.05, 0) is 53.1 Å². The molecular formula is C15H31N3O. The van der Waals surface area contributed by atoms with Gasteiger partial charge in [0.1, 0.15) is 0 Å². The van der Waals surface area contributed by atoms with Gasteiger partial charge in [0.05, 0.1) is 0 Å². The van der Waals surface area contributed by atoms with Gasteiger partial charge in [0, 0.05) is 24.5 Å². The summed E-state index contributed by atoms with van der Waals surface area (Å²) in [5.41, 5.74) is 5.98. The van der Waals surface area contributed by atoms with E-state index in [1.165, 1.54) is 12.8 Å². The lowest BCUT2D eigenvalue weighted by Gasteiger charge is -2.23. The first-order chi connectivity index (χ1) is 8.93. The molecule has 0 unspecified atom stereocenters. The lowest BCUT2D eigenvalue weighted by molar-refractivity contribution is -0.122. The number of hydrogen-bond donors (Lipinski definition) is 2. The van der Waals surface area contributed by atoms with Gasteiger partial charge in [0.2, 0.25) is 5.91 Å². The third kappa shape index (κ3) is 6.39. The number of hydrogen-bond acceptors (Lipinski definition) is 3. The van der Waals surface area contributed by atoms with Crippen LogP contribution in [-0.4, -0.2) is 42.5 Å². The Kier molecular flexibility index (Phi) is 6.80. The number of rotatable bonds is 8. The number of amides is 1. The molecule has 0 heterocycles. The third-order valence-electron chi connectivity index (χ3n) is 4.25. The Morgan fingerprint density at radius 1 is 1.32 bits per heavy atom. The van der Waals surface area contributed by atoms with E-state index in [-0.39, 0.29) is 11.4 Å². The number of unbranched alkanes of at least 4 members (excludes halogenated alkanes) is 1. The van der Waals surface area contributed by atoms with Crippen molar-refractivity contribution in [3.05, 3.63) is 0 Å². The lowest BCUT2D eigenvalue weighted by atomic mass is 9.94. The van der Waals surface area contributed by atoms with Crippen LogP contribution in [0.4, 0.5) is 0 Å². The zero-order chi connectivity index (χ0) is 14.3. The molecule has 0 aromatic rings. The van der Waals surface area contributed by atoms with Crippen molar-refractivity contribution in [1.82, 2.24) is 10.2 Å². The monoisotopic (exact) mass is 269 g/mol. The van der Waals surface area contributed by atoms with Crippen molar-refractivity contribution < 1.29 is 4.79 Å². The van der Waals surface area contributed by atoms with Crippen LogP contribution in [0.3, 0.4) is 0 Å². The molecule has 0 aromatic heterocycles. The summed E-state index contributed by atoms with van der Waals surface area (Å²) >= 11 is 0. The van der Waals surface area contributed by atoms with E-state index >= 15 is 0 Å². The molecule has 1 aliphatic rings. The fourth-order valence-corrected chi connectivity index (χ4v) is 2.61. The SMILES string of the molecule is CC(C)N(C)CCCCNC(=O)CC1(N)CCCC1. The average Bonchev–Trinajstić information content (AvgIpc) is 2.74. The number of carbonyl (C=O) groups is 1. The molecule has 1 amide bonds. The molecule has 1 rings (SSSR count). The van der Waals surface area contributed by atoms with Crippen LogP contribution in [0.1, 0.15) is 58.8 Å². The number of nitrogens with zero attached hydrogens (tertiary/aromatic N) is 1. The summed E-state index contributed by atoms with van der Waals surface area (Å²) in [6.07, 6.45) is 7.01. The second-order valence-electron chi connectivity index (χ2n) is 6.38. The molecule has 1 aliphatic carbocycles. The molecule has 3 N–H and O–H groups in total. The molecule has 4 nitrogen and oxygen atoms in total. The Morgan fingerprint density at radius 2 is 1.95 bits per heavy atom. The first-order valence-corrected chi connectivity index (χ1v) is 7.69. The van der Waals surface area contributed by atoms with Crippen molar-refractivity contribution in [3.63, 3.8) is 0 Å². The fraction of sp³-hybridized carbons (Fsp3) is 0.933. The minimum atomic E-state index is -0.220. The summed E-state index contributed by atoms with van der Waals surface area (Å²) in [6.45, 7) is 6.27. The van der Waals surface area contributed by atoms with Crippen molar-refractivity contribution in [3.8, 4) is 0 Å². The summed E-state index contributed by atoms with van der Waals surface area (Å²) < 4.78 is 0. The minimum Gasteiger partial charge on any atom is -0.356 e. The largest absolute Gasteiger partial charge is 0.356 e. The summed E-state index contributed by atoms with van der Waals surface area (Å²) in [4.78, 5) is 14.1. The van der Waals surface area contributed by atoms with E-state index in [1.54, 1.807) is 0 Å². The van der Waals surface area contributed by atoms with Crippen LogP contribution in [-0.2, 0) is 4.79 Å². The highest BCUT2D eigenvalue weighted by Crippen LogP contribution is 2.29. The van der Waals surface area contributed by atoms with E-state index in [0.29, 0.717) is 12.5 Å². The third-order valence-corrected chi connectivity index (χ3v) is 4.25. The highest BCUT2D eigenvalue weighted by molar-refractivity contribution is 5.77. The van der Waals surface area contributed by atoms with Crippen LogP contribution < -0.4 is 11.1 Å². The van der Waals surface area contributed by atoms with Crippen LogP contribution in [0.5, 0.6) is 0 Å². The highest BCUT2D eigenvalue weighted by atomic mass is 16.1. The first-order valence-electron chi connectivity index (χ1n) is 7.69. The normalized spacial score (nSPS) is 18.2. The summed E-state index contributed by atoms with van der Waals surface area (Å²) in [5, 5.41) is 3.00. The smallest absolute Gasteiger partial charge is 0.221 e. The molecule has 0 bridgehead atoms. The predicted octanol–water partition coefficient (Wildman–Crippen LogP) is 1.88. The van der Waals surface area contributed by atoms with E-state index in [1.807, 2.05) is 0 Å². The Labute approximate surface area is 118 Å².